The number of ether oxygens (including phenoxy) is 1. The Kier molecular flexibility index (Phi) is 4.39. The number of aromatic nitrogens is 2. The van der Waals surface area contributed by atoms with E-state index in [1.807, 2.05) is 37.7 Å². The molecule has 108 valence electrons. The summed E-state index contributed by atoms with van der Waals surface area (Å²) in [6, 6.07) is 5.11. The van der Waals surface area contributed by atoms with Crippen LogP contribution in [0.3, 0.4) is 0 Å². The van der Waals surface area contributed by atoms with Gasteiger partial charge in [0.1, 0.15) is 5.82 Å². The first-order valence-corrected chi connectivity index (χ1v) is 6.59. The van der Waals surface area contributed by atoms with E-state index in [1.165, 1.54) is 13.2 Å². The molecule has 0 saturated heterocycles. The second-order valence-corrected chi connectivity index (χ2v) is 4.90. The van der Waals surface area contributed by atoms with Crippen LogP contribution in [-0.4, -0.2) is 16.7 Å². The molecule has 2 aromatic rings. The zero-order valence-corrected chi connectivity index (χ0v) is 12.2. The van der Waals surface area contributed by atoms with Crippen LogP contribution in [0.15, 0.2) is 30.6 Å². The fourth-order valence-electron chi connectivity index (χ4n) is 2.29. The van der Waals surface area contributed by atoms with Gasteiger partial charge in [0.05, 0.1) is 13.2 Å². The van der Waals surface area contributed by atoms with Gasteiger partial charge >= 0.3 is 0 Å². The van der Waals surface area contributed by atoms with E-state index in [0.717, 1.165) is 11.4 Å². The van der Waals surface area contributed by atoms with Gasteiger partial charge in [-0.1, -0.05) is 6.07 Å². The van der Waals surface area contributed by atoms with Crippen molar-refractivity contribution in [1.29, 1.82) is 0 Å². The summed E-state index contributed by atoms with van der Waals surface area (Å²) in [7, 11) is 3.42. The SMILES string of the molecule is COc1ccc(C(C)NC(C)c2nccn2C)cc1F. The molecular formula is C15H20FN3O. The minimum Gasteiger partial charge on any atom is -0.494 e. The van der Waals surface area contributed by atoms with Crippen LogP contribution in [0.2, 0.25) is 0 Å². The van der Waals surface area contributed by atoms with Crippen LogP contribution in [0.5, 0.6) is 5.75 Å². The number of imidazole rings is 1. The molecule has 0 amide bonds. The van der Waals surface area contributed by atoms with E-state index in [-0.39, 0.29) is 23.7 Å². The number of hydrogen-bond donors (Lipinski definition) is 1. The molecule has 1 aromatic carbocycles. The lowest BCUT2D eigenvalue weighted by molar-refractivity contribution is 0.385. The third-order valence-electron chi connectivity index (χ3n) is 3.42. The fraction of sp³-hybridized carbons (Fsp3) is 0.400. The van der Waals surface area contributed by atoms with Crippen molar-refractivity contribution in [3.8, 4) is 5.75 Å². The summed E-state index contributed by atoms with van der Waals surface area (Å²) in [5, 5.41) is 3.41. The standard InChI is InChI=1S/C15H20FN3O/c1-10(12-5-6-14(20-4)13(16)9-12)18-11(2)15-17-7-8-19(15)3/h5-11,18H,1-4H3. The minimum atomic E-state index is -0.344. The predicted octanol–water partition coefficient (Wildman–Crippen LogP) is 2.98. The fourth-order valence-corrected chi connectivity index (χ4v) is 2.29. The molecule has 0 aliphatic heterocycles. The topological polar surface area (TPSA) is 39.1 Å². The molecule has 2 rings (SSSR count). The predicted molar refractivity (Wildman–Crippen MR) is 76.1 cm³/mol. The van der Waals surface area contributed by atoms with E-state index in [1.54, 1.807) is 12.3 Å². The lowest BCUT2D eigenvalue weighted by Gasteiger charge is -2.20. The van der Waals surface area contributed by atoms with Crippen molar-refractivity contribution in [2.24, 2.45) is 7.05 Å². The highest BCUT2D eigenvalue weighted by Gasteiger charge is 2.15. The van der Waals surface area contributed by atoms with E-state index >= 15 is 0 Å². The van der Waals surface area contributed by atoms with Crippen molar-refractivity contribution in [2.75, 3.05) is 7.11 Å². The number of benzene rings is 1. The van der Waals surface area contributed by atoms with Crippen LogP contribution in [0.1, 0.15) is 37.3 Å². The summed E-state index contributed by atoms with van der Waals surface area (Å²) in [6.07, 6.45) is 3.68. The third-order valence-corrected chi connectivity index (χ3v) is 3.42. The smallest absolute Gasteiger partial charge is 0.165 e. The largest absolute Gasteiger partial charge is 0.494 e. The maximum atomic E-state index is 13.7. The van der Waals surface area contributed by atoms with Crippen molar-refractivity contribution in [3.63, 3.8) is 0 Å². The second-order valence-electron chi connectivity index (χ2n) is 4.90. The van der Waals surface area contributed by atoms with Gasteiger partial charge in [0.2, 0.25) is 0 Å². The summed E-state index contributed by atoms with van der Waals surface area (Å²) in [5.41, 5.74) is 0.879. The highest BCUT2D eigenvalue weighted by molar-refractivity contribution is 5.30. The lowest BCUT2D eigenvalue weighted by Crippen LogP contribution is -2.24. The van der Waals surface area contributed by atoms with Crippen LogP contribution >= 0.6 is 0 Å². The molecule has 2 atom stereocenters. The molecular weight excluding hydrogens is 257 g/mol. The van der Waals surface area contributed by atoms with Gasteiger partial charge in [-0.15, -0.1) is 0 Å². The Labute approximate surface area is 118 Å². The van der Waals surface area contributed by atoms with Gasteiger partial charge in [-0.3, -0.25) is 0 Å². The zero-order valence-electron chi connectivity index (χ0n) is 12.2. The average molecular weight is 277 g/mol. The molecule has 0 spiro atoms. The van der Waals surface area contributed by atoms with E-state index in [4.69, 9.17) is 4.74 Å². The van der Waals surface area contributed by atoms with Crippen molar-refractivity contribution in [3.05, 3.63) is 47.8 Å². The molecule has 1 heterocycles. The Morgan fingerprint density at radius 2 is 2.05 bits per heavy atom. The van der Waals surface area contributed by atoms with Crippen LogP contribution in [0.4, 0.5) is 4.39 Å². The lowest BCUT2D eigenvalue weighted by atomic mass is 10.1. The molecule has 0 saturated carbocycles. The Hall–Kier alpha value is -1.88. The first-order chi connectivity index (χ1) is 9.52. The van der Waals surface area contributed by atoms with Crippen LogP contribution in [-0.2, 0) is 7.05 Å². The van der Waals surface area contributed by atoms with E-state index in [0.29, 0.717) is 0 Å². The molecule has 5 heteroatoms. The Morgan fingerprint density at radius 3 is 2.60 bits per heavy atom. The summed E-state index contributed by atoms with van der Waals surface area (Å²) in [6.45, 7) is 4.04. The quantitative estimate of drug-likeness (QED) is 0.913. The molecule has 20 heavy (non-hydrogen) atoms. The van der Waals surface area contributed by atoms with E-state index in [9.17, 15) is 4.39 Å². The van der Waals surface area contributed by atoms with E-state index < -0.39 is 0 Å². The maximum Gasteiger partial charge on any atom is 0.165 e. The third kappa shape index (κ3) is 2.99. The Bertz CT molecular complexity index is 582. The number of halogens is 1. The number of hydrogen-bond acceptors (Lipinski definition) is 3. The van der Waals surface area contributed by atoms with Crippen molar-refractivity contribution < 1.29 is 9.13 Å². The summed E-state index contributed by atoms with van der Waals surface area (Å²) in [4.78, 5) is 4.31. The van der Waals surface area contributed by atoms with Gasteiger partial charge in [0, 0.05) is 25.5 Å². The summed E-state index contributed by atoms with van der Waals surface area (Å²) < 4.78 is 20.6. The number of methoxy groups -OCH3 is 1. The second kappa shape index (κ2) is 6.05. The minimum absolute atomic E-state index is 0.0158. The normalized spacial score (nSPS) is 14.1. The molecule has 0 aliphatic rings. The molecule has 1 N–H and O–H groups in total. The zero-order chi connectivity index (χ0) is 14.7. The maximum absolute atomic E-state index is 13.7. The molecule has 4 nitrogen and oxygen atoms in total. The number of rotatable bonds is 5. The monoisotopic (exact) mass is 277 g/mol. The molecule has 1 aromatic heterocycles. The van der Waals surface area contributed by atoms with Gasteiger partial charge in [-0.2, -0.15) is 0 Å². The van der Waals surface area contributed by atoms with Gasteiger partial charge in [-0.25, -0.2) is 9.37 Å². The van der Waals surface area contributed by atoms with Gasteiger partial charge in [0.25, 0.3) is 0 Å². The van der Waals surface area contributed by atoms with Crippen LogP contribution in [0.25, 0.3) is 0 Å². The van der Waals surface area contributed by atoms with Crippen molar-refractivity contribution in [2.45, 2.75) is 25.9 Å². The van der Waals surface area contributed by atoms with Gasteiger partial charge in [-0.05, 0) is 31.5 Å². The molecule has 0 aliphatic carbocycles. The number of nitrogens with zero attached hydrogens (tertiary/aromatic N) is 2. The number of aryl methyl sites for hydroxylation is 1. The highest BCUT2D eigenvalue weighted by Crippen LogP contribution is 2.23. The first kappa shape index (κ1) is 14.5. The van der Waals surface area contributed by atoms with Crippen molar-refractivity contribution >= 4 is 0 Å². The molecule has 0 fully saturated rings. The van der Waals surface area contributed by atoms with Crippen LogP contribution in [0, 0.1) is 5.82 Å². The average Bonchev–Trinajstić information content (AvgIpc) is 2.84. The molecule has 0 radical (unpaired) electrons. The first-order valence-electron chi connectivity index (χ1n) is 6.59. The summed E-state index contributed by atoms with van der Waals surface area (Å²) in [5.74, 6) is 0.868. The van der Waals surface area contributed by atoms with Gasteiger partial charge in [0.15, 0.2) is 11.6 Å². The Balaban J connectivity index is 2.10. The molecule has 2 unspecified atom stereocenters. The highest BCUT2D eigenvalue weighted by atomic mass is 19.1. The Morgan fingerprint density at radius 1 is 1.30 bits per heavy atom. The number of nitrogens with one attached hydrogen (secondary N) is 1. The van der Waals surface area contributed by atoms with Crippen molar-refractivity contribution in [1.82, 2.24) is 14.9 Å². The van der Waals surface area contributed by atoms with E-state index in [2.05, 4.69) is 10.3 Å². The summed E-state index contributed by atoms with van der Waals surface area (Å²) >= 11 is 0. The molecule has 0 bridgehead atoms. The van der Waals surface area contributed by atoms with Crippen LogP contribution < -0.4 is 10.1 Å². The van der Waals surface area contributed by atoms with Gasteiger partial charge < -0.3 is 14.6 Å².